The van der Waals surface area contributed by atoms with E-state index >= 15 is 0 Å². The van der Waals surface area contributed by atoms with Gasteiger partial charge >= 0.3 is 5.69 Å². The zero-order valence-corrected chi connectivity index (χ0v) is 20.4. The number of carbonyl (C=O) groups excluding carboxylic acids is 2. The predicted molar refractivity (Wildman–Crippen MR) is 135 cm³/mol. The van der Waals surface area contributed by atoms with Crippen LogP contribution in [0.15, 0.2) is 70.4 Å². The number of nitrogens with one attached hydrogen (secondary N) is 2. The highest BCUT2D eigenvalue weighted by Gasteiger charge is 2.29. The fraction of sp³-hybridized carbons (Fsp3) is 0.154. The molecule has 0 radical (unpaired) electrons. The summed E-state index contributed by atoms with van der Waals surface area (Å²) in [6.45, 7) is 0. The molecule has 2 heterocycles. The Kier molecular flexibility index (Phi) is 6.71. The number of anilines is 2. The molecular formula is C26H20F2N6O5. The van der Waals surface area contributed by atoms with Crippen molar-refractivity contribution in [3.63, 3.8) is 0 Å². The second-order valence-electron chi connectivity index (χ2n) is 8.73. The molecule has 39 heavy (non-hydrogen) atoms. The summed E-state index contributed by atoms with van der Waals surface area (Å²) >= 11 is 0. The van der Waals surface area contributed by atoms with Gasteiger partial charge in [0.1, 0.15) is 17.4 Å². The van der Waals surface area contributed by atoms with Crippen molar-refractivity contribution in [2.45, 2.75) is 12.8 Å². The molecule has 2 aromatic heterocycles. The Bertz CT molecular complexity index is 1710. The molecule has 2 N–H and O–H groups in total. The van der Waals surface area contributed by atoms with Crippen LogP contribution in [0.25, 0.3) is 5.69 Å². The molecule has 1 saturated carbocycles. The third-order valence-corrected chi connectivity index (χ3v) is 5.81. The van der Waals surface area contributed by atoms with Crippen molar-refractivity contribution in [1.82, 2.24) is 19.3 Å². The van der Waals surface area contributed by atoms with Crippen LogP contribution in [0.4, 0.5) is 20.3 Å². The number of aromatic nitrogens is 4. The maximum atomic E-state index is 14.8. The second kappa shape index (κ2) is 10.3. The smallest absolute Gasteiger partial charge is 0.351 e. The van der Waals surface area contributed by atoms with E-state index in [0.29, 0.717) is 4.57 Å². The van der Waals surface area contributed by atoms with Crippen LogP contribution in [0, 0.1) is 17.6 Å². The minimum atomic E-state index is -0.996. The summed E-state index contributed by atoms with van der Waals surface area (Å²) < 4.78 is 35.1. The highest BCUT2D eigenvalue weighted by molar-refractivity contribution is 6.02. The molecule has 1 aliphatic rings. The number of pyridine rings is 1. The van der Waals surface area contributed by atoms with E-state index in [1.54, 1.807) is 0 Å². The molecule has 5 rings (SSSR count). The van der Waals surface area contributed by atoms with Crippen LogP contribution < -0.4 is 26.6 Å². The Balaban J connectivity index is 1.33. The van der Waals surface area contributed by atoms with Crippen molar-refractivity contribution in [1.29, 1.82) is 0 Å². The summed E-state index contributed by atoms with van der Waals surface area (Å²) in [4.78, 5) is 53.9. The molecular weight excluding hydrogens is 514 g/mol. The molecule has 1 aliphatic carbocycles. The van der Waals surface area contributed by atoms with Gasteiger partial charge in [0.05, 0.1) is 5.69 Å². The first-order valence-electron chi connectivity index (χ1n) is 11.7. The van der Waals surface area contributed by atoms with Crippen LogP contribution in [0.1, 0.15) is 23.3 Å². The van der Waals surface area contributed by atoms with Gasteiger partial charge in [-0.1, -0.05) is 0 Å². The van der Waals surface area contributed by atoms with Gasteiger partial charge in [0.15, 0.2) is 11.6 Å². The first-order chi connectivity index (χ1) is 18.7. The summed E-state index contributed by atoms with van der Waals surface area (Å²) in [5, 5.41) is 8.90. The fourth-order valence-corrected chi connectivity index (χ4v) is 3.56. The van der Waals surface area contributed by atoms with Crippen LogP contribution in [-0.2, 0) is 11.8 Å². The summed E-state index contributed by atoms with van der Waals surface area (Å²) in [5.74, 6) is -2.20. The first-order valence-corrected chi connectivity index (χ1v) is 11.7. The van der Waals surface area contributed by atoms with Crippen LogP contribution >= 0.6 is 0 Å². The molecule has 0 spiro atoms. The van der Waals surface area contributed by atoms with E-state index < -0.39 is 34.5 Å². The standard InChI is InChI=1S/C26H20F2N6O5/c1-33-25(37)22(32-34(26(33)38)17-7-4-15(27)5-8-17)24(36)30-16-6-9-20(19(28)12-16)39-18-10-11-29-21(13-18)31-23(35)14-2-3-14/h4-14H,2-3H2,1H3,(H,30,36)(H,29,31,35). The lowest BCUT2D eigenvalue weighted by molar-refractivity contribution is -0.117. The third kappa shape index (κ3) is 5.56. The molecule has 0 aliphatic heterocycles. The van der Waals surface area contributed by atoms with Gasteiger partial charge in [0.2, 0.25) is 11.6 Å². The van der Waals surface area contributed by atoms with Crippen LogP contribution in [-0.4, -0.2) is 31.1 Å². The van der Waals surface area contributed by atoms with Gasteiger partial charge < -0.3 is 15.4 Å². The maximum Gasteiger partial charge on any atom is 0.351 e. The minimum absolute atomic E-state index is 0.0136. The fourth-order valence-electron chi connectivity index (χ4n) is 3.56. The molecule has 0 bridgehead atoms. The molecule has 2 aromatic carbocycles. The quantitative estimate of drug-likeness (QED) is 0.372. The van der Waals surface area contributed by atoms with Gasteiger partial charge in [-0.15, -0.1) is 0 Å². The highest BCUT2D eigenvalue weighted by atomic mass is 19.1. The average Bonchev–Trinajstić information content (AvgIpc) is 3.76. The van der Waals surface area contributed by atoms with Crippen molar-refractivity contribution in [3.8, 4) is 17.2 Å². The zero-order valence-electron chi connectivity index (χ0n) is 20.4. The van der Waals surface area contributed by atoms with Crippen molar-refractivity contribution < 1.29 is 23.1 Å². The predicted octanol–water partition coefficient (Wildman–Crippen LogP) is 3.00. The van der Waals surface area contributed by atoms with E-state index in [2.05, 4.69) is 20.7 Å². The van der Waals surface area contributed by atoms with E-state index in [4.69, 9.17) is 4.74 Å². The maximum absolute atomic E-state index is 14.8. The van der Waals surface area contributed by atoms with E-state index in [9.17, 15) is 28.0 Å². The number of halogens is 2. The molecule has 1 fully saturated rings. The van der Waals surface area contributed by atoms with Crippen molar-refractivity contribution in [3.05, 3.63) is 99.0 Å². The summed E-state index contributed by atoms with van der Waals surface area (Å²) in [6, 6.07) is 11.2. The molecule has 11 nitrogen and oxygen atoms in total. The Hall–Kier alpha value is -5.20. The molecule has 0 saturated heterocycles. The number of amides is 2. The number of ether oxygens (including phenoxy) is 1. The minimum Gasteiger partial charge on any atom is -0.454 e. The molecule has 0 atom stereocenters. The monoisotopic (exact) mass is 534 g/mol. The number of hydrogen-bond donors (Lipinski definition) is 2. The number of benzene rings is 2. The van der Waals surface area contributed by atoms with Gasteiger partial charge in [-0.3, -0.25) is 19.0 Å². The van der Waals surface area contributed by atoms with E-state index in [1.807, 2.05) is 0 Å². The number of nitrogens with zero attached hydrogens (tertiary/aromatic N) is 4. The third-order valence-electron chi connectivity index (χ3n) is 5.81. The Labute approximate surface area is 218 Å². The van der Waals surface area contributed by atoms with Crippen molar-refractivity contribution in [2.24, 2.45) is 13.0 Å². The summed E-state index contributed by atoms with van der Waals surface area (Å²) in [6.07, 6.45) is 3.07. The van der Waals surface area contributed by atoms with Crippen molar-refractivity contribution in [2.75, 3.05) is 10.6 Å². The Morgan fingerprint density at radius 1 is 1.00 bits per heavy atom. The van der Waals surface area contributed by atoms with Gasteiger partial charge in [-0.05, 0) is 55.3 Å². The van der Waals surface area contributed by atoms with Crippen molar-refractivity contribution >= 4 is 23.3 Å². The van der Waals surface area contributed by atoms with Gasteiger partial charge in [-0.2, -0.15) is 9.78 Å². The second-order valence-corrected chi connectivity index (χ2v) is 8.73. The van der Waals surface area contributed by atoms with E-state index in [1.165, 1.54) is 42.6 Å². The zero-order chi connectivity index (χ0) is 27.7. The van der Waals surface area contributed by atoms with Crippen LogP contribution in [0.5, 0.6) is 11.5 Å². The lowest BCUT2D eigenvalue weighted by atomic mass is 10.2. The Morgan fingerprint density at radius 3 is 2.44 bits per heavy atom. The molecule has 2 amide bonds. The van der Waals surface area contributed by atoms with Crippen LogP contribution in [0.2, 0.25) is 0 Å². The molecule has 13 heteroatoms. The summed E-state index contributed by atoms with van der Waals surface area (Å²) in [7, 11) is 1.16. The van der Waals surface area contributed by atoms with E-state index in [-0.39, 0.29) is 40.5 Å². The molecule has 198 valence electrons. The largest absolute Gasteiger partial charge is 0.454 e. The van der Waals surface area contributed by atoms with Gasteiger partial charge in [0, 0.05) is 37.0 Å². The normalized spacial score (nSPS) is 12.6. The SMILES string of the molecule is Cn1c(=O)c(C(=O)Nc2ccc(Oc3ccnc(NC(=O)C4CC4)c3)c(F)c2)nn(-c2ccc(F)cc2)c1=O. The highest BCUT2D eigenvalue weighted by Crippen LogP contribution is 2.31. The van der Waals surface area contributed by atoms with E-state index in [0.717, 1.165) is 42.8 Å². The lowest BCUT2D eigenvalue weighted by Gasteiger charge is -2.11. The number of rotatable bonds is 7. The first kappa shape index (κ1) is 25.4. The average molecular weight is 534 g/mol. The Morgan fingerprint density at radius 2 is 1.74 bits per heavy atom. The van der Waals surface area contributed by atoms with Crippen LogP contribution in [0.3, 0.4) is 0 Å². The topological polar surface area (TPSA) is 137 Å². The number of hydrogen-bond acceptors (Lipinski definition) is 7. The van der Waals surface area contributed by atoms with Gasteiger partial charge in [-0.25, -0.2) is 18.6 Å². The summed E-state index contributed by atoms with van der Waals surface area (Å²) in [5.41, 5.74) is -2.34. The van der Waals surface area contributed by atoms with Gasteiger partial charge in [0.25, 0.3) is 11.5 Å². The molecule has 4 aromatic rings. The molecule has 0 unspecified atom stereocenters. The lowest BCUT2D eigenvalue weighted by Crippen LogP contribution is -2.43. The number of carbonyl (C=O) groups is 2.